The second-order valence-electron chi connectivity index (χ2n) is 3.90. The van der Waals surface area contributed by atoms with Crippen LogP contribution in [0.1, 0.15) is 18.1 Å². The fourth-order valence-electron chi connectivity index (χ4n) is 1.63. The smallest absolute Gasteiger partial charge is 0.0633 e. The van der Waals surface area contributed by atoms with Gasteiger partial charge in [-0.3, -0.25) is 4.99 Å². The maximum Gasteiger partial charge on any atom is 0.0633 e. The monoisotopic (exact) mass is 209 g/mol. The quantitative estimate of drug-likeness (QED) is 0.659. The van der Waals surface area contributed by atoms with E-state index in [1.165, 1.54) is 11.1 Å². The molecule has 0 aliphatic heterocycles. The molecule has 0 spiro atoms. The summed E-state index contributed by atoms with van der Waals surface area (Å²) in [7, 11) is 0. The molecule has 0 aromatic heterocycles. The molecule has 0 atom stereocenters. The van der Waals surface area contributed by atoms with Gasteiger partial charge in [0.05, 0.1) is 5.69 Å². The van der Waals surface area contributed by atoms with Crippen molar-refractivity contribution in [2.24, 2.45) is 4.99 Å². The molecule has 2 rings (SSSR count). The standard InChI is InChI=1S/C15H15N/c1-12-7-6-8-14(11-12)13(2)16-15-9-4-3-5-10-15/h3-11H,1-2H3. The van der Waals surface area contributed by atoms with Gasteiger partial charge in [0, 0.05) is 5.71 Å². The van der Waals surface area contributed by atoms with Crippen LogP contribution in [0.25, 0.3) is 0 Å². The van der Waals surface area contributed by atoms with E-state index < -0.39 is 0 Å². The van der Waals surface area contributed by atoms with Crippen LogP contribution in [0.15, 0.2) is 59.6 Å². The minimum Gasteiger partial charge on any atom is -0.253 e. The fraction of sp³-hybridized carbons (Fsp3) is 0.133. The predicted octanol–water partition coefficient (Wildman–Crippen LogP) is 4.14. The highest BCUT2D eigenvalue weighted by molar-refractivity contribution is 6.00. The molecule has 0 radical (unpaired) electrons. The molecule has 0 bridgehead atoms. The SMILES string of the molecule is CC(=Nc1ccccc1)c1cccc(C)c1. The van der Waals surface area contributed by atoms with Crippen LogP contribution in [-0.4, -0.2) is 5.71 Å². The van der Waals surface area contributed by atoms with Gasteiger partial charge in [-0.15, -0.1) is 0 Å². The average molecular weight is 209 g/mol. The molecule has 0 saturated heterocycles. The summed E-state index contributed by atoms with van der Waals surface area (Å²) in [5, 5.41) is 0. The summed E-state index contributed by atoms with van der Waals surface area (Å²) in [5.74, 6) is 0. The third-order valence-electron chi connectivity index (χ3n) is 2.49. The molecule has 0 amide bonds. The number of hydrogen-bond acceptors (Lipinski definition) is 1. The van der Waals surface area contributed by atoms with Crippen LogP contribution in [0, 0.1) is 6.92 Å². The van der Waals surface area contributed by atoms with Crippen LogP contribution in [0.3, 0.4) is 0 Å². The number of aryl methyl sites for hydroxylation is 1. The second kappa shape index (κ2) is 4.75. The average Bonchev–Trinajstić information content (AvgIpc) is 2.30. The highest BCUT2D eigenvalue weighted by atomic mass is 14.7. The van der Waals surface area contributed by atoms with Gasteiger partial charge in [-0.1, -0.05) is 48.0 Å². The van der Waals surface area contributed by atoms with Crippen molar-refractivity contribution in [3.8, 4) is 0 Å². The molecular weight excluding hydrogens is 194 g/mol. The van der Waals surface area contributed by atoms with Gasteiger partial charge in [0.1, 0.15) is 0 Å². The van der Waals surface area contributed by atoms with Crippen molar-refractivity contribution >= 4 is 11.4 Å². The molecule has 0 unspecified atom stereocenters. The molecule has 16 heavy (non-hydrogen) atoms. The van der Waals surface area contributed by atoms with E-state index in [1.807, 2.05) is 37.3 Å². The summed E-state index contributed by atoms with van der Waals surface area (Å²) in [5.41, 5.74) is 4.50. The Kier molecular flexibility index (Phi) is 3.16. The Morgan fingerprint density at radius 1 is 0.938 bits per heavy atom. The molecule has 0 heterocycles. The van der Waals surface area contributed by atoms with E-state index in [1.54, 1.807) is 0 Å². The van der Waals surface area contributed by atoms with Gasteiger partial charge in [0.25, 0.3) is 0 Å². The zero-order chi connectivity index (χ0) is 11.4. The predicted molar refractivity (Wildman–Crippen MR) is 69.5 cm³/mol. The molecule has 1 heteroatoms. The van der Waals surface area contributed by atoms with Crippen LogP contribution in [0.2, 0.25) is 0 Å². The lowest BCUT2D eigenvalue weighted by Gasteiger charge is -2.02. The Hall–Kier alpha value is -1.89. The van der Waals surface area contributed by atoms with Crippen molar-refractivity contribution in [3.05, 3.63) is 65.7 Å². The fourth-order valence-corrected chi connectivity index (χ4v) is 1.63. The van der Waals surface area contributed by atoms with Crippen LogP contribution >= 0.6 is 0 Å². The number of aliphatic imine (C=N–C) groups is 1. The molecule has 0 N–H and O–H groups in total. The summed E-state index contributed by atoms with van der Waals surface area (Å²) < 4.78 is 0. The van der Waals surface area contributed by atoms with E-state index in [2.05, 4.69) is 36.2 Å². The molecule has 2 aromatic carbocycles. The molecular formula is C15H15N. The Bertz CT molecular complexity index is 498. The molecule has 0 aliphatic rings. The van der Waals surface area contributed by atoms with Gasteiger partial charge in [-0.25, -0.2) is 0 Å². The van der Waals surface area contributed by atoms with E-state index in [-0.39, 0.29) is 0 Å². The van der Waals surface area contributed by atoms with Gasteiger partial charge in [-0.05, 0) is 31.5 Å². The van der Waals surface area contributed by atoms with Crippen molar-refractivity contribution in [1.29, 1.82) is 0 Å². The summed E-state index contributed by atoms with van der Waals surface area (Å²) >= 11 is 0. The van der Waals surface area contributed by atoms with E-state index in [9.17, 15) is 0 Å². The van der Waals surface area contributed by atoms with Gasteiger partial charge in [0.2, 0.25) is 0 Å². The van der Waals surface area contributed by atoms with E-state index >= 15 is 0 Å². The first-order valence-corrected chi connectivity index (χ1v) is 5.43. The summed E-state index contributed by atoms with van der Waals surface area (Å²) in [6, 6.07) is 18.4. The summed E-state index contributed by atoms with van der Waals surface area (Å²) in [6.07, 6.45) is 0. The third-order valence-corrected chi connectivity index (χ3v) is 2.49. The molecule has 0 fully saturated rings. The second-order valence-corrected chi connectivity index (χ2v) is 3.90. The molecule has 0 aliphatic carbocycles. The highest BCUT2D eigenvalue weighted by Gasteiger charge is 1.97. The zero-order valence-electron chi connectivity index (χ0n) is 9.64. The highest BCUT2D eigenvalue weighted by Crippen LogP contribution is 2.13. The topological polar surface area (TPSA) is 12.4 Å². The Balaban J connectivity index is 2.32. The number of hydrogen-bond donors (Lipinski definition) is 0. The van der Waals surface area contributed by atoms with Crippen molar-refractivity contribution in [1.82, 2.24) is 0 Å². The first kappa shape index (κ1) is 10.6. The number of benzene rings is 2. The van der Waals surface area contributed by atoms with Crippen LogP contribution < -0.4 is 0 Å². The van der Waals surface area contributed by atoms with Crippen molar-refractivity contribution in [2.75, 3.05) is 0 Å². The molecule has 2 aromatic rings. The molecule has 0 saturated carbocycles. The van der Waals surface area contributed by atoms with Crippen LogP contribution in [0.5, 0.6) is 0 Å². The maximum atomic E-state index is 4.59. The first-order valence-electron chi connectivity index (χ1n) is 5.43. The van der Waals surface area contributed by atoms with E-state index in [0.29, 0.717) is 0 Å². The lowest BCUT2D eigenvalue weighted by atomic mass is 10.1. The number of rotatable bonds is 2. The van der Waals surface area contributed by atoms with Gasteiger partial charge >= 0.3 is 0 Å². The maximum absolute atomic E-state index is 4.59. The van der Waals surface area contributed by atoms with Gasteiger partial charge < -0.3 is 0 Å². The lowest BCUT2D eigenvalue weighted by Crippen LogP contribution is -1.93. The Morgan fingerprint density at radius 3 is 2.38 bits per heavy atom. The van der Waals surface area contributed by atoms with Gasteiger partial charge in [0.15, 0.2) is 0 Å². The first-order chi connectivity index (χ1) is 7.75. The Morgan fingerprint density at radius 2 is 1.69 bits per heavy atom. The molecule has 80 valence electrons. The van der Waals surface area contributed by atoms with Crippen LogP contribution in [-0.2, 0) is 0 Å². The van der Waals surface area contributed by atoms with E-state index in [4.69, 9.17) is 0 Å². The number of nitrogens with zero attached hydrogens (tertiary/aromatic N) is 1. The Labute approximate surface area is 96.5 Å². The normalized spacial score (nSPS) is 11.5. The van der Waals surface area contributed by atoms with Crippen molar-refractivity contribution < 1.29 is 0 Å². The summed E-state index contributed by atoms with van der Waals surface area (Å²) in [6.45, 7) is 4.14. The van der Waals surface area contributed by atoms with E-state index in [0.717, 1.165) is 11.4 Å². The zero-order valence-corrected chi connectivity index (χ0v) is 9.64. The minimum atomic E-state index is 1.00. The lowest BCUT2D eigenvalue weighted by molar-refractivity contribution is 1.43. The van der Waals surface area contributed by atoms with Crippen LogP contribution in [0.4, 0.5) is 5.69 Å². The minimum absolute atomic E-state index is 1.00. The van der Waals surface area contributed by atoms with Crippen molar-refractivity contribution in [2.45, 2.75) is 13.8 Å². The molecule has 1 nitrogen and oxygen atoms in total. The number of para-hydroxylation sites is 1. The summed E-state index contributed by atoms with van der Waals surface area (Å²) in [4.78, 5) is 4.59. The van der Waals surface area contributed by atoms with Crippen molar-refractivity contribution in [3.63, 3.8) is 0 Å². The largest absolute Gasteiger partial charge is 0.253 e. The third kappa shape index (κ3) is 2.57. The van der Waals surface area contributed by atoms with Gasteiger partial charge in [-0.2, -0.15) is 0 Å².